The smallest absolute Gasteiger partial charge is 0.315 e. The molecule has 4 nitrogen and oxygen atoms in total. The van der Waals surface area contributed by atoms with Crippen molar-refractivity contribution in [1.82, 2.24) is 15.5 Å². The first-order valence-electron chi connectivity index (χ1n) is 6.28. The van der Waals surface area contributed by atoms with Gasteiger partial charge in [0.05, 0.1) is 11.1 Å². The molecule has 19 heavy (non-hydrogen) atoms. The summed E-state index contributed by atoms with van der Waals surface area (Å²) in [6.45, 7) is 9.25. The van der Waals surface area contributed by atoms with Crippen molar-refractivity contribution in [3.63, 3.8) is 0 Å². The van der Waals surface area contributed by atoms with Gasteiger partial charge in [-0.05, 0) is 39.4 Å². The normalized spacial score (nSPS) is 22.7. The van der Waals surface area contributed by atoms with Crippen molar-refractivity contribution in [2.24, 2.45) is 0 Å². The fourth-order valence-corrected chi connectivity index (χ4v) is 2.26. The lowest BCUT2D eigenvalue weighted by Gasteiger charge is -2.19. The molecule has 0 aromatic carbocycles. The van der Waals surface area contributed by atoms with Crippen molar-refractivity contribution in [2.45, 2.75) is 32.4 Å². The van der Waals surface area contributed by atoms with Crippen LogP contribution in [0.5, 0.6) is 0 Å². The predicted molar refractivity (Wildman–Crippen MR) is 80.6 cm³/mol. The number of hydrogen-bond donors (Lipinski definition) is 2. The average Bonchev–Trinajstić information content (AvgIpc) is 2.72. The highest BCUT2D eigenvalue weighted by molar-refractivity contribution is 6.40. The van der Waals surface area contributed by atoms with Gasteiger partial charge in [0, 0.05) is 17.6 Å². The quantitative estimate of drug-likeness (QED) is 0.784. The Morgan fingerprint density at radius 2 is 2.11 bits per heavy atom. The van der Waals surface area contributed by atoms with Gasteiger partial charge in [0.1, 0.15) is 0 Å². The molecule has 0 aromatic rings. The van der Waals surface area contributed by atoms with E-state index in [-0.39, 0.29) is 18.1 Å². The van der Waals surface area contributed by atoms with Crippen LogP contribution < -0.4 is 10.6 Å². The fraction of sp³-hybridized carbons (Fsp3) is 0.615. The monoisotopic (exact) mass is 305 g/mol. The van der Waals surface area contributed by atoms with E-state index < -0.39 is 0 Å². The molecule has 0 spiro atoms. The number of nitrogens with one attached hydrogen (secondary N) is 2. The number of carbonyl (C=O) groups excluding carboxylic acids is 1. The lowest BCUT2D eigenvalue weighted by atomic mass is 10.1. The van der Waals surface area contributed by atoms with Gasteiger partial charge in [0.25, 0.3) is 0 Å². The van der Waals surface area contributed by atoms with Crippen LogP contribution in [0.3, 0.4) is 0 Å². The van der Waals surface area contributed by atoms with E-state index in [1.807, 2.05) is 14.0 Å². The van der Waals surface area contributed by atoms with E-state index in [9.17, 15) is 4.79 Å². The van der Waals surface area contributed by atoms with Crippen molar-refractivity contribution in [3.05, 3.63) is 22.2 Å². The zero-order valence-corrected chi connectivity index (χ0v) is 13.1. The number of nitrogens with zero attached hydrogens (tertiary/aromatic N) is 1. The van der Waals surface area contributed by atoms with E-state index in [2.05, 4.69) is 22.1 Å². The van der Waals surface area contributed by atoms with Crippen LogP contribution in [-0.2, 0) is 0 Å². The summed E-state index contributed by atoms with van der Waals surface area (Å²) in [5.41, 5.74) is 0.604. The van der Waals surface area contributed by atoms with Crippen LogP contribution in [0.2, 0.25) is 0 Å². The number of allylic oxidation sites excluding steroid dienone is 1. The second-order valence-corrected chi connectivity index (χ2v) is 5.90. The Morgan fingerprint density at radius 1 is 1.47 bits per heavy atom. The van der Waals surface area contributed by atoms with Crippen molar-refractivity contribution in [2.75, 3.05) is 20.1 Å². The summed E-state index contributed by atoms with van der Waals surface area (Å²) in [5.74, 6) is 0. The molecule has 0 saturated carbocycles. The summed E-state index contributed by atoms with van der Waals surface area (Å²) in [7, 11) is 2.04. The first kappa shape index (κ1) is 16.3. The number of amides is 2. The van der Waals surface area contributed by atoms with E-state index in [4.69, 9.17) is 23.2 Å². The molecule has 108 valence electrons. The Bertz CT molecular complexity index is 391. The Morgan fingerprint density at radius 3 is 2.58 bits per heavy atom. The molecule has 2 unspecified atom stereocenters. The number of halogens is 2. The first-order chi connectivity index (χ1) is 8.81. The highest BCUT2D eigenvalue weighted by atomic mass is 35.5. The largest absolute Gasteiger partial charge is 0.334 e. The molecule has 0 radical (unpaired) electrons. The molecule has 2 N–H and O–H groups in total. The summed E-state index contributed by atoms with van der Waals surface area (Å²) in [6, 6.07) is -0.266. The number of rotatable bonds is 4. The van der Waals surface area contributed by atoms with Crippen LogP contribution in [0, 0.1) is 0 Å². The highest BCUT2D eigenvalue weighted by Crippen LogP contribution is 2.22. The first-order valence-corrected chi connectivity index (χ1v) is 7.03. The maximum Gasteiger partial charge on any atom is 0.315 e. The van der Waals surface area contributed by atoms with E-state index in [1.165, 1.54) is 0 Å². The molecule has 1 aliphatic rings. The number of carbonyl (C=O) groups is 1. The molecule has 1 fully saturated rings. The lowest BCUT2D eigenvalue weighted by Crippen LogP contribution is -2.46. The molecule has 0 bridgehead atoms. The number of likely N-dealkylation sites (tertiary alicyclic amines) is 1. The molecule has 2 atom stereocenters. The average molecular weight is 306 g/mol. The Kier molecular flexibility index (Phi) is 6.17. The van der Waals surface area contributed by atoms with Gasteiger partial charge in [-0.2, -0.15) is 0 Å². The Hall–Kier alpha value is -0.710. The summed E-state index contributed by atoms with van der Waals surface area (Å²) in [6.07, 6.45) is 0.973. The topological polar surface area (TPSA) is 44.4 Å². The van der Waals surface area contributed by atoms with E-state index in [1.54, 1.807) is 6.92 Å². The Labute approximate surface area is 124 Å². The van der Waals surface area contributed by atoms with Gasteiger partial charge >= 0.3 is 6.03 Å². The SMILES string of the molecule is C=C(/C(Cl)=C(\C)Cl)C(C)NC(=O)NC1CCN(C)C1. The van der Waals surface area contributed by atoms with E-state index in [0.717, 1.165) is 19.5 Å². The van der Waals surface area contributed by atoms with Gasteiger partial charge < -0.3 is 15.5 Å². The van der Waals surface area contributed by atoms with Crippen LogP contribution in [-0.4, -0.2) is 43.2 Å². The van der Waals surface area contributed by atoms with Gasteiger partial charge in [-0.15, -0.1) is 0 Å². The number of hydrogen-bond acceptors (Lipinski definition) is 2. The van der Waals surface area contributed by atoms with Crippen LogP contribution >= 0.6 is 23.2 Å². The van der Waals surface area contributed by atoms with Gasteiger partial charge in [0.2, 0.25) is 0 Å². The molecule has 1 saturated heterocycles. The van der Waals surface area contributed by atoms with E-state index in [0.29, 0.717) is 15.6 Å². The van der Waals surface area contributed by atoms with Crippen LogP contribution in [0.15, 0.2) is 22.2 Å². The van der Waals surface area contributed by atoms with Crippen LogP contribution in [0.1, 0.15) is 20.3 Å². The second kappa shape index (κ2) is 7.17. The van der Waals surface area contributed by atoms with Crippen molar-refractivity contribution >= 4 is 29.2 Å². The van der Waals surface area contributed by atoms with Gasteiger partial charge in [-0.25, -0.2) is 4.79 Å². The van der Waals surface area contributed by atoms with E-state index >= 15 is 0 Å². The molecular formula is C13H21Cl2N3O. The minimum Gasteiger partial charge on any atom is -0.334 e. The van der Waals surface area contributed by atoms with Crippen LogP contribution in [0.4, 0.5) is 4.79 Å². The Balaban J connectivity index is 2.44. The predicted octanol–water partition coefficient (Wildman–Crippen LogP) is 2.64. The maximum atomic E-state index is 11.8. The fourth-order valence-electron chi connectivity index (χ4n) is 1.97. The molecule has 2 amide bonds. The summed E-state index contributed by atoms with van der Waals surface area (Å²) in [5, 5.41) is 6.62. The highest BCUT2D eigenvalue weighted by Gasteiger charge is 2.22. The van der Waals surface area contributed by atoms with Crippen molar-refractivity contribution in [3.8, 4) is 0 Å². The molecule has 0 aliphatic carbocycles. The summed E-state index contributed by atoms with van der Waals surface area (Å²) >= 11 is 11.8. The molecule has 0 aromatic heterocycles. The zero-order chi connectivity index (χ0) is 14.6. The number of urea groups is 1. The third-order valence-electron chi connectivity index (χ3n) is 3.18. The maximum absolute atomic E-state index is 11.8. The molecule has 1 rings (SSSR count). The standard InChI is InChI=1S/C13H21Cl2N3O/c1-8(12(15)9(2)14)10(3)16-13(19)17-11-5-6-18(4)7-11/h10-11H,1,5-7H2,2-4H3,(H2,16,17,19)/b12-9-. The van der Waals surface area contributed by atoms with Crippen molar-refractivity contribution in [1.29, 1.82) is 0 Å². The molecule has 1 heterocycles. The molecule has 1 aliphatic heterocycles. The number of likely N-dealkylation sites (N-methyl/N-ethyl adjacent to an activating group) is 1. The molecular weight excluding hydrogens is 285 g/mol. The van der Waals surface area contributed by atoms with Gasteiger partial charge in [0.15, 0.2) is 0 Å². The third-order valence-corrected chi connectivity index (χ3v) is 3.99. The van der Waals surface area contributed by atoms with Gasteiger partial charge in [-0.1, -0.05) is 29.8 Å². The summed E-state index contributed by atoms with van der Waals surface area (Å²) < 4.78 is 0. The second-order valence-electron chi connectivity index (χ2n) is 4.96. The zero-order valence-electron chi connectivity index (χ0n) is 11.6. The van der Waals surface area contributed by atoms with Gasteiger partial charge in [-0.3, -0.25) is 0 Å². The van der Waals surface area contributed by atoms with Crippen molar-refractivity contribution < 1.29 is 4.79 Å². The molecule has 6 heteroatoms. The minimum atomic E-state index is -0.264. The minimum absolute atomic E-state index is 0.200. The van der Waals surface area contributed by atoms with Crippen LogP contribution in [0.25, 0.3) is 0 Å². The lowest BCUT2D eigenvalue weighted by molar-refractivity contribution is 0.235. The third kappa shape index (κ3) is 5.05. The summed E-state index contributed by atoms with van der Waals surface area (Å²) in [4.78, 5) is 14.0.